The highest BCUT2D eigenvalue weighted by Gasteiger charge is 2.64. The first-order valence-corrected chi connectivity index (χ1v) is 9.83. The van der Waals surface area contributed by atoms with Crippen molar-refractivity contribution in [1.82, 2.24) is 15.3 Å². The Morgan fingerprint density at radius 1 is 1.35 bits per heavy atom. The number of aliphatic hydroxyl groups is 1. The lowest BCUT2D eigenvalue weighted by Gasteiger charge is -2.64. The van der Waals surface area contributed by atoms with Crippen LogP contribution in [0.2, 0.25) is 0 Å². The number of nitrogens with one attached hydrogen (secondary N) is 2. The van der Waals surface area contributed by atoms with Crippen molar-refractivity contribution in [2.24, 2.45) is 16.7 Å². The van der Waals surface area contributed by atoms with E-state index in [9.17, 15) is 14.7 Å². The van der Waals surface area contributed by atoms with Crippen molar-refractivity contribution in [1.29, 1.82) is 0 Å². The fourth-order valence-corrected chi connectivity index (χ4v) is 6.49. The van der Waals surface area contributed by atoms with Gasteiger partial charge in [-0.1, -0.05) is 13.3 Å². The van der Waals surface area contributed by atoms with Crippen molar-refractivity contribution in [3.8, 4) is 0 Å². The second-order valence-electron chi connectivity index (χ2n) is 9.19. The minimum Gasteiger partial charge on any atom is -0.390 e. The number of nitrogens with zero attached hydrogens (tertiary/aromatic N) is 1. The van der Waals surface area contributed by atoms with Gasteiger partial charge >= 0.3 is 0 Å². The predicted molar refractivity (Wildman–Crippen MR) is 97.6 cm³/mol. The van der Waals surface area contributed by atoms with Crippen LogP contribution in [-0.2, 0) is 11.2 Å². The molecule has 0 spiro atoms. The van der Waals surface area contributed by atoms with Gasteiger partial charge in [0.2, 0.25) is 5.91 Å². The van der Waals surface area contributed by atoms with Crippen LogP contribution in [0.15, 0.2) is 10.9 Å². The molecule has 4 saturated carbocycles. The molecule has 4 bridgehead atoms. The molecule has 1 aromatic rings. The van der Waals surface area contributed by atoms with Crippen molar-refractivity contribution in [2.75, 3.05) is 6.54 Å². The van der Waals surface area contributed by atoms with E-state index in [4.69, 9.17) is 0 Å². The highest BCUT2D eigenvalue weighted by atomic mass is 16.3. The second kappa shape index (κ2) is 5.91. The molecule has 0 unspecified atom stereocenters. The van der Waals surface area contributed by atoms with E-state index in [1.54, 1.807) is 6.92 Å². The van der Waals surface area contributed by atoms with Crippen molar-refractivity contribution >= 4 is 5.91 Å². The normalized spacial score (nSPS) is 37.7. The summed E-state index contributed by atoms with van der Waals surface area (Å²) in [6.07, 6.45) is 6.88. The number of hydrogen-bond acceptors (Lipinski definition) is 4. The summed E-state index contributed by atoms with van der Waals surface area (Å²) in [7, 11) is 0. The maximum Gasteiger partial charge on any atom is 0.251 e. The molecule has 5 rings (SSSR count). The molecule has 0 saturated heterocycles. The Kier molecular flexibility index (Phi) is 4.03. The van der Waals surface area contributed by atoms with Crippen LogP contribution in [0, 0.1) is 23.7 Å². The summed E-state index contributed by atoms with van der Waals surface area (Å²) in [5, 5.41) is 14.1. The lowest BCUT2D eigenvalue weighted by molar-refractivity contribution is -0.204. The Balaban J connectivity index is 1.45. The average molecular weight is 359 g/mol. The largest absolute Gasteiger partial charge is 0.390 e. The van der Waals surface area contributed by atoms with Crippen LogP contribution in [0.4, 0.5) is 0 Å². The minimum atomic E-state index is -0.655. The zero-order chi connectivity index (χ0) is 18.6. The number of rotatable bonds is 5. The summed E-state index contributed by atoms with van der Waals surface area (Å²) in [5.41, 5.74) is -0.399. The van der Waals surface area contributed by atoms with Crippen molar-refractivity contribution in [2.45, 2.75) is 70.8 Å². The standard InChI is InChI=1S/C20H29N3O3/c1-3-18-7-14-8-19(10-18,12-20(26,9-14)11-18)17(25)21-5-4-15-6-16(24)23-13(2)22-15/h6,14,26H,3-5,7-12H2,1-2H3,(H,21,25)(H,22,23,24)/t14-,18+,19+,20-/m1/s1. The van der Waals surface area contributed by atoms with E-state index in [-0.39, 0.29) is 16.9 Å². The summed E-state index contributed by atoms with van der Waals surface area (Å²) in [4.78, 5) is 31.6. The molecule has 1 heterocycles. The Hall–Kier alpha value is -1.69. The molecule has 6 heteroatoms. The molecule has 0 aromatic carbocycles. The number of aromatic amines is 1. The third-order valence-electron chi connectivity index (χ3n) is 6.97. The zero-order valence-corrected chi connectivity index (χ0v) is 15.7. The van der Waals surface area contributed by atoms with Gasteiger partial charge in [0, 0.05) is 24.7 Å². The number of aromatic nitrogens is 2. The molecular formula is C20H29N3O3. The molecule has 0 aliphatic heterocycles. The molecular weight excluding hydrogens is 330 g/mol. The first kappa shape index (κ1) is 17.7. The van der Waals surface area contributed by atoms with Gasteiger partial charge in [-0.2, -0.15) is 0 Å². The van der Waals surface area contributed by atoms with E-state index >= 15 is 0 Å². The smallest absolute Gasteiger partial charge is 0.251 e. The van der Waals surface area contributed by atoms with Gasteiger partial charge in [0.1, 0.15) is 5.82 Å². The highest BCUT2D eigenvalue weighted by molar-refractivity contribution is 5.83. The Morgan fingerprint density at radius 3 is 2.85 bits per heavy atom. The van der Waals surface area contributed by atoms with Crippen molar-refractivity contribution in [3.63, 3.8) is 0 Å². The number of H-pyrrole nitrogens is 1. The SMILES string of the molecule is CC[C@@]12C[C@H]3C[C@@](O)(C1)C[C@](C(=O)NCCc1cc(=O)[nH]c(C)n1)(C3)C2. The molecule has 26 heavy (non-hydrogen) atoms. The van der Waals surface area contributed by atoms with E-state index < -0.39 is 11.0 Å². The van der Waals surface area contributed by atoms with Crippen LogP contribution in [-0.4, -0.2) is 33.1 Å². The van der Waals surface area contributed by atoms with Crippen LogP contribution in [0.1, 0.15) is 63.4 Å². The van der Waals surface area contributed by atoms with Gasteiger partial charge in [-0.25, -0.2) is 4.98 Å². The molecule has 4 aliphatic rings. The van der Waals surface area contributed by atoms with Gasteiger partial charge in [0.05, 0.1) is 11.0 Å². The number of hydrogen-bond donors (Lipinski definition) is 3. The predicted octanol–water partition coefficient (Wildman–Crippen LogP) is 1.85. The summed E-state index contributed by atoms with van der Waals surface area (Å²) in [6.45, 7) is 4.42. The van der Waals surface area contributed by atoms with E-state index in [1.165, 1.54) is 6.07 Å². The van der Waals surface area contributed by atoms with Crippen LogP contribution in [0.3, 0.4) is 0 Å². The van der Waals surface area contributed by atoms with Crippen LogP contribution < -0.4 is 10.9 Å². The minimum absolute atomic E-state index is 0.0828. The van der Waals surface area contributed by atoms with Crippen LogP contribution >= 0.6 is 0 Å². The summed E-state index contributed by atoms with van der Waals surface area (Å²) in [6, 6.07) is 1.48. The van der Waals surface area contributed by atoms with E-state index in [2.05, 4.69) is 22.2 Å². The third-order valence-corrected chi connectivity index (χ3v) is 6.97. The first-order chi connectivity index (χ1) is 12.3. The maximum atomic E-state index is 13.1. The lowest BCUT2D eigenvalue weighted by Crippen LogP contribution is -2.63. The first-order valence-electron chi connectivity index (χ1n) is 9.83. The van der Waals surface area contributed by atoms with Gasteiger partial charge in [-0.05, 0) is 56.8 Å². The second-order valence-corrected chi connectivity index (χ2v) is 9.19. The van der Waals surface area contributed by atoms with Gasteiger partial charge in [-0.3, -0.25) is 9.59 Å². The van der Waals surface area contributed by atoms with Gasteiger partial charge in [0.25, 0.3) is 5.56 Å². The van der Waals surface area contributed by atoms with Gasteiger partial charge < -0.3 is 15.4 Å². The Bertz CT molecular complexity index is 791. The fourth-order valence-electron chi connectivity index (χ4n) is 6.49. The molecule has 142 valence electrons. The Labute approximate surface area is 153 Å². The number of amides is 1. The molecule has 1 aromatic heterocycles. The van der Waals surface area contributed by atoms with Gasteiger partial charge in [-0.15, -0.1) is 0 Å². The molecule has 4 fully saturated rings. The lowest BCUT2D eigenvalue weighted by atomic mass is 9.42. The van der Waals surface area contributed by atoms with E-state index in [1.807, 2.05) is 0 Å². The molecule has 3 N–H and O–H groups in total. The van der Waals surface area contributed by atoms with Crippen LogP contribution in [0.5, 0.6) is 0 Å². The zero-order valence-electron chi connectivity index (χ0n) is 15.7. The van der Waals surface area contributed by atoms with Crippen molar-refractivity contribution in [3.05, 3.63) is 27.9 Å². The third kappa shape index (κ3) is 2.98. The monoisotopic (exact) mass is 359 g/mol. The number of carbonyl (C=O) groups excluding carboxylic acids is 1. The quantitative estimate of drug-likeness (QED) is 0.748. The summed E-state index contributed by atoms with van der Waals surface area (Å²) < 4.78 is 0. The highest BCUT2D eigenvalue weighted by Crippen LogP contribution is 2.67. The Morgan fingerprint density at radius 2 is 2.15 bits per heavy atom. The van der Waals surface area contributed by atoms with E-state index in [0.29, 0.717) is 36.8 Å². The molecule has 4 aliphatic carbocycles. The van der Waals surface area contributed by atoms with E-state index in [0.717, 1.165) is 38.5 Å². The fraction of sp³-hybridized carbons (Fsp3) is 0.750. The summed E-state index contributed by atoms with van der Waals surface area (Å²) in [5.74, 6) is 1.14. The average Bonchev–Trinajstić information content (AvgIpc) is 2.51. The molecule has 6 nitrogen and oxygen atoms in total. The topological polar surface area (TPSA) is 95.1 Å². The number of carbonyl (C=O) groups is 1. The summed E-state index contributed by atoms with van der Waals surface area (Å²) >= 11 is 0. The van der Waals surface area contributed by atoms with Crippen molar-refractivity contribution < 1.29 is 9.90 Å². The maximum absolute atomic E-state index is 13.1. The van der Waals surface area contributed by atoms with Gasteiger partial charge in [0.15, 0.2) is 0 Å². The van der Waals surface area contributed by atoms with Crippen LogP contribution in [0.25, 0.3) is 0 Å². The molecule has 0 radical (unpaired) electrons. The number of aryl methyl sites for hydroxylation is 1. The molecule has 4 atom stereocenters. The molecule has 1 amide bonds.